The molecule has 304 valence electrons. The van der Waals surface area contributed by atoms with Crippen LogP contribution in [0.5, 0.6) is 0 Å². The molecule has 2 aliphatic rings. The van der Waals surface area contributed by atoms with Crippen LogP contribution in [-0.2, 0) is 5.41 Å². The molecule has 0 saturated carbocycles. The normalized spacial score (nSPS) is 13.3. The van der Waals surface area contributed by atoms with E-state index in [4.69, 9.17) is 4.42 Å². The van der Waals surface area contributed by atoms with Crippen molar-refractivity contribution in [1.29, 1.82) is 0 Å². The minimum Gasteiger partial charge on any atom is -0.456 e. The molecule has 0 bridgehead atoms. The van der Waals surface area contributed by atoms with Gasteiger partial charge in [-0.1, -0.05) is 194 Å². The molecule has 0 radical (unpaired) electrons. The monoisotopic (exact) mass is 834 g/mol. The number of furan rings is 1. The quantitative estimate of drug-likeness (QED) is 0.162. The zero-order valence-corrected chi connectivity index (χ0v) is 35.8. The number of para-hydroxylation sites is 1. The van der Waals surface area contributed by atoms with Crippen LogP contribution in [0.2, 0.25) is 0 Å². The molecule has 13 aromatic rings. The Kier molecular flexibility index (Phi) is 7.21. The molecule has 0 fully saturated rings. The number of hydrogen-bond donors (Lipinski definition) is 0. The third-order valence-corrected chi connectivity index (χ3v) is 15.0. The van der Waals surface area contributed by atoms with E-state index in [1.165, 1.54) is 121 Å². The van der Waals surface area contributed by atoms with Gasteiger partial charge in [0.2, 0.25) is 0 Å². The molecule has 1 heterocycles. The predicted molar refractivity (Wildman–Crippen MR) is 276 cm³/mol. The molecule has 1 heteroatoms. The van der Waals surface area contributed by atoms with Crippen LogP contribution in [0.1, 0.15) is 22.3 Å². The van der Waals surface area contributed by atoms with Crippen molar-refractivity contribution in [2.24, 2.45) is 0 Å². The van der Waals surface area contributed by atoms with Gasteiger partial charge >= 0.3 is 0 Å². The molecular weight excluding hydrogens is 797 g/mol. The Morgan fingerprint density at radius 2 is 0.712 bits per heavy atom. The SMILES string of the molecule is c1ccc2c(c1)-c1ccccc1C21c2cc3ccccc3cc2-c2c1cc(-c1ccc(-c3c4ccccc4c(-c4ccc5oc6ccccc6c5c4)c4ccccc34)cc1)c1ccccc21. The van der Waals surface area contributed by atoms with Crippen LogP contribution in [0, 0.1) is 0 Å². The van der Waals surface area contributed by atoms with Crippen molar-refractivity contribution in [3.63, 3.8) is 0 Å². The summed E-state index contributed by atoms with van der Waals surface area (Å²) >= 11 is 0. The van der Waals surface area contributed by atoms with E-state index in [2.05, 4.69) is 224 Å². The summed E-state index contributed by atoms with van der Waals surface area (Å²) in [6.45, 7) is 0. The summed E-state index contributed by atoms with van der Waals surface area (Å²) in [5.74, 6) is 0. The highest BCUT2D eigenvalue weighted by Crippen LogP contribution is 2.65. The number of benzene rings is 12. The lowest BCUT2D eigenvalue weighted by Crippen LogP contribution is -2.26. The number of hydrogen-bond acceptors (Lipinski definition) is 1. The molecule has 0 N–H and O–H groups in total. The largest absolute Gasteiger partial charge is 0.456 e. The van der Waals surface area contributed by atoms with Crippen LogP contribution in [0.15, 0.2) is 235 Å². The Bertz CT molecular complexity index is 4120. The molecule has 12 aromatic carbocycles. The van der Waals surface area contributed by atoms with Gasteiger partial charge in [0.15, 0.2) is 0 Å². The third kappa shape index (κ3) is 4.68. The summed E-state index contributed by atoms with van der Waals surface area (Å²) in [5.41, 5.74) is 19.5. The second-order valence-corrected chi connectivity index (χ2v) is 18.2. The summed E-state index contributed by atoms with van der Waals surface area (Å²) in [6, 6.07) is 86.0. The lowest BCUT2D eigenvalue weighted by Gasteiger charge is -2.31. The summed E-state index contributed by atoms with van der Waals surface area (Å²) in [6.07, 6.45) is 0. The average Bonchev–Trinajstić information content (AvgIpc) is 4.00. The van der Waals surface area contributed by atoms with E-state index >= 15 is 0 Å². The fourth-order valence-corrected chi connectivity index (χ4v) is 12.4. The zero-order valence-electron chi connectivity index (χ0n) is 35.8. The van der Waals surface area contributed by atoms with Gasteiger partial charge < -0.3 is 4.42 Å². The summed E-state index contributed by atoms with van der Waals surface area (Å²) < 4.78 is 6.26. The first-order valence-corrected chi connectivity index (χ1v) is 23.0. The van der Waals surface area contributed by atoms with E-state index in [9.17, 15) is 0 Å². The van der Waals surface area contributed by atoms with Crippen molar-refractivity contribution < 1.29 is 4.42 Å². The summed E-state index contributed by atoms with van der Waals surface area (Å²) in [4.78, 5) is 0. The maximum absolute atomic E-state index is 6.26. The van der Waals surface area contributed by atoms with E-state index in [1.54, 1.807) is 0 Å². The lowest BCUT2D eigenvalue weighted by atomic mass is 9.69. The molecule has 0 saturated heterocycles. The fourth-order valence-electron chi connectivity index (χ4n) is 12.4. The maximum Gasteiger partial charge on any atom is 0.135 e. The van der Waals surface area contributed by atoms with Crippen molar-refractivity contribution in [3.05, 3.63) is 253 Å². The first kappa shape index (κ1) is 35.9. The summed E-state index contributed by atoms with van der Waals surface area (Å²) in [5, 5.41) is 12.3. The molecule has 0 unspecified atom stereocenters. The summed E-state index contributed by atoms with van der Waals surface area (Å²) in [7, 11) is 0. The van der Waals surface area contributed by atoms with Crippen LogP contribution >= 0.6 is 0 Å². The molecule has 2 aliphatic carbocycles. The fraction of sp³-hybridized carbons (Fsp3) is 0.0154. The first-order valence-electron chi connectivity index (χ1n) is 23.0. The van der Waals surface area contributed by atoms with Gasteiger partial charge in [-0.05, 0) is 157 Å². The molecule has 1 aromatic heterocycles. The Labute approximate surface area is 381 Å². The molecule has 1 spiro atoms. The van der Waals surface area contributed by atoms with Gasteiger partial charge in [-0.25, -0.2) is 0 Å². The van der Waals surface area contributed by atoms with Gasteiger partial charge in [-0.2, -0.15) is 0 Å². The smallest absolute Gasteiger partial charge is 0.135 e. The number of rotatable bonds is 3. The minimum absolute atomic E-state index is 0.463. The lowest BCUT2D eigenvalue weighted by molar-refractivity contribution is 0.669. The van der Waals surface area contributed by atoms with Gasteiger partial charge in [0, 0.05) is 10.8 Å². The van der Waals surface area contributed by atoms with E-state index < -0.39 is 5.41 Å². The van der Waals surface area contributed by atoms with Crippen molar-refractivity contribution in [3.8, 4) is 55.6 Å². The van der Waals surface area contributed by atoms with Crippen LogP contribution in [0.3, 0.4) is 0 Å². The van der Waals surface area contributed by atoms with E-state index in [-0.39, 0.29) is 0 Å². The minimum atomic E-state index is -0.463. The second kappa shape index (κ2) is 13.3. The van der Waals surface area contributed by atoms with Crippen molar-refractivity contribution in [1.82, 2.24) is 0 Å². The predicted octanol–water partition coefficient (Wildman–Crippen LogP) is 17.5. The zero-order chi connectivity index (χ0) is 43.1. The van der Waals surface area contributed by atoms with Crippen molar-refractivity contribution in [2.45, 2.75) is 5.41 Å². The van der Waals surface area contributed by atoms with E-state index in [0.717, 1.165) is 21.9 Å². The van der Waals surface area contributed by atoms with Gasteiger partial charge in [0.1, 0.15) is 11.2 Å². The van der Waals surface area contributed by atoms with Crippen LogP contribution < -0.4 is 0 Å². The highest BCUT2D eigenvalue weighted by atomic mass is 16.3. The Balaban J connectivity index is 0.952. The van der Waals surface area contributed by atoms with Gasteiger partial charge in [-0.3, -0.25) is 0 Å². The average molecular weight is 835 g/mol. The molecule has 0 atom stereocenters. The highest BCUT2D eigenvalue weighted by Gasteiger charge is 2.52. The molecule has 0 amide bonds. The molecule has 66 heavy (non-hydrogen) atoms. The first-order chi connectivity index (χ1) is 32.7. The Hall–Kier alpha value is -8.52. The molecule has 1 nitrogen and oxygen atoms in total. The Morgan fingerprint density at radius 3 is 1.36 bits per heavy atom. The third-order valence-electron chi connectivity index (χ3n) is 15.0. The van der Waals surface area contributed by atoms with Crippen LogP contribution in [0.4, 0.5) is 0 Å². The van der Waals surface area contributed by atoms with Crippen LogP contribution in [0.25, 0.3) is 121 Å². The van der Waals surface area contributed by atoms with Gasteiger partial charge in [0.05, 0.1) is 5.41 Å². The van der Waals surface area contributed by atoms with E-state index in [1.807, 2.05) is 6.07 Å². The standard InChI is InChI=1S/C65H38O/c1-2-16-42-37-58-55(35-41(42)15-1)64-48-21-4-3-17-44(48)53(38-59(64)65(58)56-26-12-9-18-45(56)46-19-10-13-27-57(46)65)39-29-31-40(32-30-39)62-49-22-5-7-24-51(49)63(52-25-8-6-23-50(52)62)43-33-34-61-54(36-43)47-20-11-14-28-60(47)66-61/h1-38H. The maximum atomic E-state index is 6.26. The van der Waals surface area contributed by atoms with Crippen molar-refractivity contribution >= 4 is 65.0 Å². The van der Waals surface area contributed by atoms with Gasteiger partial charge in [0.25, 0.3) is 0 Å². The van der Waals surface area contributed by atoms with Crippen LogP contribution in [-0.4, -0.2) is 0 Å². The molecule has 0 aliphatic heterocycles. The molecular formula is C65H38O. The number of fused-ring (bicyclic) bond motifs is 18. The van der Waals surface area contributed by atoms with Crippen molar-refractivity contribution in [2.75, 3.05) is 0 Å². The topological polar surface area (TPSA) is 13.1 Å². The van der Waals surface area contributed by atoms with Gasteiger partial charge in [-0.15, -0.1) is 0 Å². The second-order valence-electron chi connectivity index (χ2n) is 18.2. The Morgan fingerprint density at radius 1 is 0.242 bits per heavy atom. The highest BCUT2D eigenvalue weighted by molar-refractivity contribution is 6.22. The molecule has 15 rings (SSSR count). The van der Waals surface area contributed by atoms with E-state index in [0.29, 0.717) is 0 Å².